The predicted molar refractivity (Wildman–Crippen MR) is 71.1 cm³/mol. The van der Waals surface area contributed by atoms with E-state index in [1.54, 1.807) is 6.26 Å². The minimum absolute atomic E-state index is 0.615. The van der Waals surface area contributed by atoms with Gasteiger partial charge in [-0.05, 0) is 48.3 Å². The number of aryl methyl sites for hydroxylation is 2. The summed E-state index contributed by atoms with van der Waals surface area (Å²) < 4.78 is 6.31. The highest BCUT2D eigenvalue weighted by Crippen LogP contribution is 2.28. The van der Waals surface area contributed by atoms with E-state index in [1.807, 2.05) is 26.8 Å². The third kappa shape index (κ3) is 2.34. The van der Waals surface area contributed by atoms with Crippen LogP contribution in [0.1, 0.15) is 18.2 Å². The smallest absolute Gasteiger partial charge is 0.198 e. The van der Waals surface area contributed by atoms with Crippen molar-refractivity contribution in [2.24, 2.45) is 0 Å². The molecule has 0 aliphatic heterocycles. The Kier molecular flexibility index (Phi) is 3.47. The average molecular weight is 296 g/mol. The van der Waals surface area contributed by atoms with Crippen molar-refractivity contribution in [3.63, 3.8) is 0 Å². The monoisotopic (exact) mass is 295 g/mol. The van der Waals surface area contributed by atoms with Gasteiger partial charge in [-0.2, -0.15) is 0 Å². The summed E-state index contributed by atoms with van der Waals surface area (Å²) in [7, 11) is 0. The fraction of sp³-hybridized carbons (Fsp3) is 0.333. The lowest BCUT2D eigenvalue weighted by Gasteiger charge is -2.09. The number of aromatic nitrogens is 2. The number of rotatable bonds is 3. The highest BCUT2D eigenvalue weighted by molar-refractivity contribution is 9.10. The normalized spacial score (nSPS) is 10.6. The molecule has 0 bridgehead atoms. The number of halogens is 1. The first-order valence-electron chi connectivity index (χ1n) is 5.46. The number of hydrogen-bond acceptors (Lipinski definition) is 4. The van der Waals surface area contributed by atoms with Crippen LogP contribution in [0.25, 0.3) is 11.6 Å². The van der Waals surface area contributed by atoms with E-state index in [-0.39, 0.29) is 0 Å². The van der Waals surface area contributed by atoms with Gasteiger partial charge < -0.3 is 9.73 Å². The van der Waals surface area contributed by atoms with E-state index in [0.29, 0.717) is 5.82 Å². The third-order valence-electron chi connectivity index (χ3n) is 2.43. The van der Waals surface area contributed by atoms with Crippen molar-refractivity contribution in [1.82, 2.24) is 9.97 Å². The molecule has 5 heteroatoms. The van der Waals surface area contributed by atoms with Gasteiger partial charge in [0.1, 0.15) is 5.82 Å². The van der Waals surface area contributed by atoms with Crippen LogP contribution >= 0.6 is 15.9 Å². The highest BCUT2D eigenvalue weighted by Gasteiger charge is 2.13. The second-order valence-corrected chi connectivity index (χ2v) is 4.55. The van der Waals surface area contributed by atoms with E-state index in [9.17, 15) is 0 Å². The van der Waals surface area contributed by atoms with Crippen LogP contribution in [0.2, 0.25) is 0 Å². The lowest BCUT2D eigenvalue weighted by molar-refractivity contribution is 0.575. The van der Waals surface area contributed by atoms with Crippen LogP contribution in [0, 0.1) is 13.8 Å². The minimum atomic E-state index is 0.615. The molecule has 0 radical (unpaired) electrons. The second-order valence-electron chi connectivity index (χ2n) is 3.76. The van der Waals surface area contributed by atoms with Crippen LogP contribution < -0.4 is 5.32 Å². The van der Waals surface area contributed by atoms with Crippen molar-refractivity contribution in [2.75, 3.05) is 11.9 Å². The quantitative estimate of drug-likeness (QED) is 0.941. The lowest BCUT2D eigenvalue weighted by Crippen LogP contribution is -2.04. The maximum absolute atomic E-state index is 5.41. The van der Waals surface area contributed by atoms with Gasteiger partial charge in [-0.1, -0.05) is 0 Å². The van der Waals surface area contributed by atoms with Crippen molar-refractivity contribution >= 4 is 21.7 Å². The van der Waals surface area contributed by atoms with Gasteiger partial charge in [0.2, 0.25) is 0 Å². The van der Waals surface area contributed by atoms with Gasteiger partial charge in [-0.25, -0.2) is 9.97 Å². The van der Waals surface area contributed by atoms with Crippen LogP contribution in [0.5, 0.6) is 0 Å². The Hall–Kier alpha value is -1.36. The zero-order valence-electron chi connectivity index (χ0n) is 10.0. The molecule has 0 aliphatic rings. The van der Waals surface area contributed by atoms with Gasteiger partial charge in [0.25, 0.3) is 0 Å². The molecule has 0 spiro atoms. The van der Waals surface area contributed by atoms with E-state index in [2.05, 4.69) is 31.2 Å². The van der Waals surface area contributed by atoms with Crippen LogP contribution in [0.15, 0.2) is 21.2 Å². The Bertz CT molecular complexity index is 537. The Morgan fingerprint density at radius 3 is 2.71 bits per heavy atom. The summed E-state index contributed by atoms with van der Waals surface area (Å²) in [5, 5.41) is 3.20. The lowest BCUT2D eigenvalue weighted by atomic mass is 10.2. The minimum Gasteiger partial charge on any atom is -0.461 e. The topological polar surface area (TPSA) is 51.0 Å². The molecule has 1 N–H and O–H groups in total. The van der Waals surface area contributed by atoms with Crippen molar-refractivity contribution in [1.29, 1.82) is 0 Å². The van der Waals surface area contributed by atoms with E-state index < -0.39 is 0 Å². The van der Waals surface area contributed by atoms with Gasteiger partial charge in [0.05, 0.1) is 16.4 Å². The maximum atomic E-state index is 5.41. The fourth-order valence-electron chi connectivity index (χ4n) is 1.55. The van der Waals surface area contributed by atoms with Crippen molar-refractivity contribution in [2.45, 2.75) is 20.8 Å². The molecule has 2 heterocycles. The molecule has 0 aliphatic carbocycles. The number of hydrogen-bond donors (Lipinski definition) is 1. The summed E-state index contributed by atoms with van der Waals surface area (Å²) in [6, 6.07) is 1.91. The zero-order chi connectivity index (χ0) is 12.4. The van der Waals surface area contributed by atoms with Crippen LogP contribution in [0.4, 0.5) is 5.82 Å². The summed E-state index contributed by atoms with van der Waals surface area (Å²) in [5.74, 6) is 2.13. The third-order valence-corrected chi connectivity index (χ3v) is 3.38. The average Bonchev–Trinajstić information content (AvgIpc) is 2.71. The molecule has 4 nitrogen and oxygen atoms in total. The molecular formula is C12H14BrN3O. The first-order chi connectivity index (χ1) is 8.13. The van der Waals surface area contributed by atoms with Gasteiger partial charge in [-0.15, -0.1) is 0 Å². The van der Waals surface area contributed by atoms with E-state index >= 15 is 0 Å². The fourth-order valence-corrected chi connectivity index (χ4v) is 1.86. The van der Waals surface area contributed by atoms with E-state index in [4.69, 9.17) is 4.42 Å². The van der Waals surface area contributed by atoms with E-state index in [0.717, 1.165) is 33.9 Å². The Labute approximate surface area is 109 Å². The largest absolute Gasteiger partial charge is 0.461 e. The molecule has 2 rings (SSSR count). The van der Waals surface area contributed by atoms with Crippen molar-refractivity contribution < 1.29 is 4.42 Å². The van der Waals surface area contributed by atoms with Crippen molar-refractivity contribution in [3.05, 3.63) is 28.1 Å². The second kappa shape index (κ2) is 4.87. The standard InChI is InChI=1S/C12H14BrN3O/c1-4-14-11-9(13)8(3)15-12(16-11)10-7(2)5-6-17-10/h5-6H,4H2,1-3H3,(H,14,15,16). The summed E-state index contributed by atoms with van der Waals surface area (Å²) in [6.07, 6.45) is 1.65. The molecule has 0 saturated carbocycles. The molecule has 0 saturated heterocycles. The molecule has 0 amide bonds. The molecule has 0 aromatic carbocycles. The molecule has 0 atom stereocenters. The van der Waals surface area contributed by atoms with Crippen molar-refractivity contribution in [3.8, 4) is 11.6 Å². The molecule has 17 heavy (non-hydrogen) atoms. The zero-order valence-corrected chi connectivity index (χ0v) is 11.6. The Morgan fingerprint density at radius 1 is 1.35 bits per heavy atom. The number of nitrogens with one attached hydrogen (secondary N) is 1. The van der Waals surface area contributed by atoms with Crippen LogP contribution in [-0.2, 0) is 0 Å². The summed E-state index contributed by atoms with van der Waals surface area (Å²) >= 11 is 3.48. The summed E-state index contributed by atoms with van der Waals surface area (Å²) in [6.45, 7) is 6.76. The Morgan fingerprint density at radius 2 is 2.12 bits per heavy atom. The van der Waals surface area contributed by atoms with Gasteiger partial charge in [0.15, 0.2) is 11.6 Å². The highest BCUT2D eigenvalue weighted by atomic mass is 79.9. The first-order valence-corrected chi connectivity index (χ1v) is 6.25. The van der Waals surface area contributed by atoms with Gasteiger partial charge in [0, 0.05) is 6.54 Å². The van der Waals surface area contributed by atoms with E-state index in [1.165, 1.54) is 0 Å². The molecular weight excluding hydrogens is 282 g/mol. The first kappa shape index (κ1) is 12.1. The molecule has 90 valence electrons. The number of furan rings is 1. The Balaban J connectivity index is 2.53. The predicted octanol–water partition coefficient (Wildman–Crippen LogP) is 3.55. The molecule has 0 fully saturated rings. The number of anilines is 1. The number of nitrogens with zero attached hydrogens (tertiary/aromatic N) is 2. The van der Waals surface area contributed by atoms with Crippen LogP contribution in [0.3, 0.4) is 0 Å². The van der Waals surface area contributed by atoms with Gasteiger partial charge >= 0.3 is 0 Å². The molecule has 2 aromatic rings. The van der Waals surface area contributed by atoms with Crippen LogP contribution in [-0.4, -0.2) is 16.5 Å². The summed E-state index contributed by atoms with van der Waals surface area (Å²) in [5.41, 5.74) is 1.93. The molecule has 2 aromatic heterocycles. The molecule has 0 unspecified atom stereocenters. The maximum Gasteiger partial charge on any atom is 0.198 e. The summed E-state index contributed by atoms with van der Waals surface area (Å²) in [4.78, 5) is 8.89. The van der Waals surface area contributed by atoms with Gasteiger partial charge in [-0.3, -0.25) is 0 Å². The SMILES string of the molecule is CCNc1nc(-c2occc2C)nc(C)c1Br.